The van der Waals surface area contributed by atoms with Crippen LogP contribution in [0.5, 0.6) is 0 Å². The summed E-state index contributed by atoms with van der Waals surface area (Å²) in [7, 11) is -1.30. The van der Waals surface area contributed by atoms with Gasteiger partial charge in [0, 0.05) is 16.6 Å². The molecular formula is C12H14O3S. The van der Waals surface area contributed by atoms with Gasteiger partial charge >= 0.3 is 5.97 Å². The minimum Gasteiger partial charge on any atom is -0.481 e. The first-order chi connectivity index (χ1) is 7.65. The molecule has 0 amide bonds. The fourth-order valence-corrected chi connectivity index (χ4v) is 3.02. The number of hydrogen-bond donors (Lipinski definition) is 1. The van der Waals surface area contributed by atoms with Gasteiger partial charge in [-0.15, -0.1) is 0 Å². The number of carboxylic acid groups (broad SMARTS) is 1. The van der Waals surface area contributed by atoms with Crippen LogP contribution in [-0.2, 0) is 34.2 Å². The second-order valence-corrected chi connectivity index (χ2v) is 5.54. The van der Waals surface area contributed by atoms with Crippen LogP contribution in [0.15, 0.2) is 18.2 Å². The lowest BCUT2D eigenvalue weighted by atomic mass is 10.1. The van der Waals surface area contributed by atoms with Gasteiger partial charge in [0.2, 0.25) is 0 Å². The van der Waals surface area contributed by atoms with E-state index in [9.17, 15) is 9.00 Å². The predicted molar refractivity (Wildman–Crippen MR) is 62.8 cm³/mol. The van der Waals surface area contributed by atoms with Gasteiger partial charge in [0.15, 0.2) is 0 Å². The van der Waals surface area contributed by atoms with Crippen molar-refractivity contribution in [1.29, 1.82) is 0 Å². The van der Waals surface area contributed by atoms with E-state index in [0.29, 0.717) is 5.75 Å². The number of carbonyl (C=O) groups is 1. The van der Waals surface area contributed by atoms with Crippen molar-refractivity contribution >= 4 is 16.8 Å². The highest BCUT2D eigenvalue weighted by Crippen LogP contribution is 2.23. The summed E-state index contributed by atoms with van der Waals surface area (Å²) in [5, 5.41) is 8.52. The highest BCUT2D eigenvalue weighted by atomic mass is 32.2. The van der Waals surface area contributed by atoms with Crippen molar-refractivity contribution in [1.82, 2.24) is 0 Å². The first kappa shape index (κ1) is 11.3. The monoisotopic (exact) mass is 238 g/mol. The fraction of sp³-hybridized carbons (Fsp3) is 0.417. The zero-order valence-corrected chi connectivity index (χ0v) is 9.76. The Balaban J connectivity index is 2.05. The van der Waals surface area contributed by atoms with E-state index in [-0.39, 0.29) is 5.75 Å². The number of benzene rings is 1. The molecule has 0 saturated carbocycles. The maximum atomic E-state index is 11.5. The van der Waals surface area contributed by atoms with Crippen LogP contribution in [0.1, 0.15) is 23.1 Å². The molecule has 1 atom stereocenters. The van der Waals surface area contributed by atoms with Crippen LogP contribution >= 0.6 is 0 Å². The van der Waals surface area contributed by atoms with Gasteiger partial charge in [0.25, 0.3) is 0 Å². The standard InChI is InChI=1S/C12H14O3S/c13-12(14)8-16(15)7-9-4-5-10-2-1-3-11(10)6-9/h4-6H,1-3,7-8H2,(H,13,14). The van der Waals surface area contributed by atoms with Crippen molar-refractivity contribution in [2.24, 2.45) is 0 Å². The van der Waals surface area contributed by atoms with E-state index in [1.165, 1.54) is 17.5 Å². The summed E-state index contributed by atoms with van der Waals surface area (Å²) in [6.07, 6.45) is 3.42. The van der Waals surface area contributed by atoms with Crippen LogP contribution in [0.25, 0.3) is 0 Å². The fourth-order valence-electron chi connectivity index (χ4n) is 2.09. The maximum absolute atomic E-state index is 11.5. The zero-order chi connectivity index (χ0) is 11.5. The zero-order valence-electron chi connectivity index (χ0n) is 8.94. The van der Waals surface area contributed by atoms with Gasteiger partial charge in [-0.1, -0.05) is 18.2 Å². The highest BCUT2D eigenvalue weighted by molar-refractivity contribution is 7.84. The maximum Gasteiger partial charge on any atom is 0.316 e. The molecule has 0 spiro atoms. The van der Waals surface area contributed by atoms with Gasteiger partial charge in [-0.05, 0) is 36.0 Å². The van der Waals surface area contributed by atoms with Crippen LogP contribution in [0.4, 0.5) is 0 Å². The first-order valence-electron chi connectivity index (χ1n) is 5.32. The van der Waals surface area contributed by atoms with Gasteiger partial charge in [0.05, 0.1) is 0 Å². The molecule has 0 heterocycles. The number of carboxylic acids is 1. The van der Waals surface area contributed by atoms with Crippen molar-refractivity contribution in [2.75, 3.05) is 5.75 Å². The molecule has 0 radical (unpaired) electrons. The average molecular weight is 238 g/mol. The summed E-state index contributed by atoms with van der Waals surface area (Å²) in [5.41, 5.74) is 3.71. The third kappa shape index (κ3) is 2.70. The average Bonchev–Trinajstić information content (AvgIpc) is 2.63. The van der Waals surface area contributed by atoms with E-state index >= 15 is 0 Å². The normalized spacial score (nSPS) is 15.8. The molecule has 0 saturated heterocycles. The van der Waals surface area contributed by atoms with Gasteiger partial charge in [-0.25, -0.2) is 0 Å². The van der Waals surface area contributed by atoms with E-state index in [0.717, 1.165) is 18.4 Å². The first-order valence-corrected chi connectivity index (χ1v) is 6.81. The molecule has 16 heavy (non-hydrogen) atoms. The molecule has 1 aromatic carbocycles. The van der Waals surface area contributed by atoms with Crippen LogP contribution < -0.4 is 0 Å². The van der Waals surface area contributed by atoms with Crippen molar-refractivity contribution in [3.05, 3.63) is 34.9 Å². The summed E-state index contributed by atoms with van der Waals surface area (Å²) >= 11 is 0. The molecule has 1 N–H and O–H groups in total. The van der Waals surface area contributed by atoms with Crippen LogP contribution in [0, 0.1) is 0 Å². The molecule has 2 rings (SSSR count). The van der Waals surface area contributed by atoms with Crippen LogP contribution in [-0.4, -0.2) is 21.0 Å². The summed E-state index contributed by atoms with van der Waals surface area (Å²) < 4.78 is 11.5. The molecule has 0 aromatic heterocycles. The molecule has 1 aliphatic rings. The summed E-state index contributed by atoms with van der Waals surface area (Å²) in [6, 6.07) is 6.11. The van der Waals surface area contributed by atoms with Gasteiger partial charge in [-0.2, -0.15) is 0 Å². The molecule has 3 nitrogen and oxygen atoms in total. The Morgan fingerprint density at radius 2 is 2.06 bits per heavy atom. The largest absolute Gasteiger partial charge is 0.481 e. The molecule has 0 bridgehead atoms. The molecule has 1 aromatic rings. The molecule has 0 aliphatic heterocycles. The quantitative estimate of drug-likeness (QED) is 0.865. The van der Waals surface area contributed by atoms with Gasteiger partial charge < -0.3 is 5.11 Å². The van der Waals surface area contributed by atoms with Crippen molar-refractivity contribution < 1.29 is 14.1 Å². The van der Waals surface area contributed by atoms with E-state index in [1.54, 1.807) is 0 Å². The molecule has 4 heteroatoms. The van der Waals surface area contributed by atoms with Crippen LogP contribution in [0.3, 0.4) is 0 Å². The number of aliphatic carboxylic acids is 1. The molecule has 0 fully saturated rings. The lowest BCUT2D eigenvalue weighted by molar-refractivity contribution is -0.133. The molecular weight excluding hydrogens is 224 g/mol. The second kappa shape index (κ2) is 4.78. The minimum atomic E-state index is -1.30. The minimum absolute atomic E-state index is 0.267. The third-order valence-corrected chi connectivity index (χ3v) is 4.00. The smallest absolute Gasteiger partial charge is 0.316 e. The SMILES string of the molecule is O=C(O)CS(=O)Cc1ccc2c(c1)CCC2. The number of rotatable bonds is 4. The lowest BCUT2D eigenvalue weighted by Crippen LogP contribution is -2.10. The summed E-state index contributed by atoms with van der Waals surface area (Å²) in [4.78, 5) is 10.4. The number of aryl methyl sites for hydroxylation is 2. The van der Waals surface area contributed by atoms with Crippen LogP contribution in [0.2, 0.25) is 0 Å². The Hall–Kier alpha value is -1.16. The molecule has 1 unspecified atom stereocenters. The molecule has 86 valence electrons. The highest BCUT2D eigenvalue weighted by Gasteiger charge is 2.12. The number of fused-ring (bicyclic) bond motifs is 1. The van der Waals surface area contributed by atoms with Gasteiger partial charge in [0.1, 0.15) is 5.75 Å². The van der Waals surface area contributed by atoms with Crippen molar-refractivity contribution in [3.63, 3.8) is 0 Å². The Bertz CT molecular complexity index is 440. The van der Waals surface area contributed by atoms with E-state index in [1.807, 2.05) is 6.07 Å². The summed E-state index contributed by atoms with van der Waals surface area (Å²) in [5.74, 6) is -0.920. The Morgan fingerprint density at radius 1 is 1.31 bits per heavy atom. The third-order valence-electron chi connectivity index (χ3n) is 2.78. The number of hydrogen-bond acceptors (Lipinski definition) is 2. The van der Waals surface area contributed by atoms with E-state index < -0.39 is 16.8 Å². The Kier molecular flexibility index (Phi) is 3.39. The second-order valence-electron chi connectivity index (χ2n) is 4.08. The Morgan fingerprint density at radius 3 is 2.81 bits per heavy atom. The molecule has 1 aliphatic carbocycles. The lowest BCUT2D eigenvalue weighted by Gasteiger charge is -2.04. The van der Waals surface area contributed by atoms with Gasteiger partial charge in [-0.3, -0.25) is 9.00 Å². The van der Waals surface area contributed by atoms with E-state index in [4.69, 9.17) is 5.11 Å². The summed E-state index contributed by atoms with van der Waals surface area (Å²) in [6.45, 7) is 0. The van der Waals surface area contributed by atoms with E-state index in [2.05, 4.69) is 12.1 Å². The predicted octanol–water partition coefficient (Wildman–Crippen LogP) is 1.51. The van der Waals surface area contributed by atoms with Crippen molar-refractivity contribution in [2.45, 2.75) is 25.0 Å². The van der Waals surface area contributed by atoms with Crippen molar-refractivity contribution in [3.8, 4) is 0 Å². The Labute approximate surface area is 96.9 Å². The topological polar surface area (TPSA) is 54.4 Å².